The largest absolute Gasteiger partial charge is 0.493 e. The topological polar surface area (TPSA) is 95.3 Å². The van der Waals surface area contributed by atoms with Crippen LogP contribution in [0, 0.1) is 5.92 Å². The number of carbonyl (C=O) groups is 2. The van der Waals surface area contributed by atoms with Gasteiger partial charge in [-0.3, -0.25) is 9.59 Å². The summed E-state index contributed by atoms with van der Waals surface area (Å²) in [7, 11) is 1.60. The minimum absolute atomic E-state index is 0.0534. The first-order valence-corrected chi connectivity index (χ1v) is 12.4. The molecule has 1 N–H and O–H groups in total. The standard InChI is InChI=1S/C26H32N4O4S/c1-16(2)15-30-24(18(4)34-23-13-8-7-12-22(23)33-6)28-29-26(30)35-19(5)25(32)27-21-11-9-10-20(14-21)17(3)31/h7-14,16,18-19H,15H2,1-6H3,(H,27,32). The second-order valence-electron chi connectivity index (χ2n) is 8.64. The molecule has 1 heterocycles. The summed E-state index contributed by atoms with van der Waals surface area (Å²) in [6, 6.07) is 14.4. The molecule has 1 amide bonds. The lowest BCUT2D eigenvalue weighted by Gasteiger charge is -2.19. The van der Waals surface area contributed by atoms with E-state index in [4.69, 9.17) is 9.47 Å². The van der Waals surface area contributed by atoms with E-state index in [0.29, 0.717) is 46.2 Å². The van der Waals surface area contributed by atoms with Crippen LogP contribution < -0.4 is 14.8 Å². The number of Topliss-reactive ketones (excluding diaryl/α,β-unsaturated/α-hetero) is 1. The molecule has 2 unspecified atom stereocenters. The number of ketones is 1. The van der Waals surface area contributed by atoms with Gasteiger partial charge >= 0.3 is 0 Å². The number of hydrogen-bond acceptors (Lipinski definition) is 7. The van der Waals surface area contributed by atoms with E-state index in [2.05, 4.69) is 29.4 Å². The summed E-state index contributed by atoms with van der Waals surface area (Å²) in [6.45, 7) is 10.1. The number of para-hydroxylation sites is 2. The lowest BCUT2D eigenvalue weighted by molar-refractivity contribution is -0.115. The van der Waals surface area contributed by atoms with E-state index in [1.165, 1.54) is 18.7 Å². The first-order chi connectivity index (χ1) is 16.7. The Morgan fingerprint density at radius 3 is 2.40 bits per heavy atom. The molecular formula is C26H32N4O4S. The number of aromatic nitrogens is 3. The molecule has 0 aliphatic carbocycles. The van der Waals surface area contributed by atoms with Crippen LogP contribution in [0.25, 0.3) is 0 Å². The van der Waals surface area contributed by atoms with Crippen LogP contribution in [0.15, 0.2) is 53.7 Å². The van der Waals surface area contributed by atoms with Gasteiger partial charge in [0.05, 0.1) is 12.4 Å². The van der Waals surface area contributed by atoms with Crippen LogP contribution in [0.1, 0.15) is 56.9 Å². The fourth-order valence-electron chi connectivity index (χ4n) is 3.46. The second-order valence-corrected chi connectivity index (χ2v) is 9.95. The number of hydrogen-bond donors (Lipinski definition) is 1. The summed E-state index contributed by atoms with van der Waals surface area (Å²) < 4.78 is 13.6. The minimum Gasteiger partial charge on any atom is -0.493 e. The van der Waals surface area contributed by atoms with Crippen molar-refractivity contribution in [3.05, 3.63) is 59.9 Å². The van der Waals surface area contributed by atoms with Gasteiger partial charge in [0.1, 0.15) is 0 Å². The monoisotopic (exact) mass is 496 g/mol. The van der Waals surface area contributed by atoms with Crippen LogP contribution in [-0.4, -0.2) is 38.8 Å². The zero-order valence-corrected chi connectivity index (χ0v) is 21.8. The molecule has 2 aromatic carbocycles. The Hall–Kier alpha value is -3.33. The second kappa shape index (κ2) is 11.9. The van der Waals surface area contributed by atoms with Gasteiger partial charge in [-0.1, -0.05) is 49.9 Å². The molecule has 186 valence electrons. The molecule has 0 saturated carbocycles. The highest BCUT2D eigenvalue weighted by atomic mass is 32.2. The fourth-order valence-corrected chi connectivity index (χ4v) is 4.32. The molecule has 0 bridgehead atoms. The van der Waals surface area contributed by atoms with Crippen LogP contribution in [0.3, 0.4) is 0 Å². The molecule has 0 aliphatic rings. The highest BCUT2D eigenvalue weighted by Gasteiger charge is 2.24. The summed E-state index contributed by atoms with van der Waals surface area (Å²) in [5.74, 6) is 2.03. The number of nitrogens with one attached hydrogen (secondary N) is 1. The molecule has 2 atom stereocenters. The molecule has 0 saturated heterocycles. The molecule has 3 rings (SSSR count). The number of anilines is 1. The maximum Gasteiger partial charge on any atom is 0.237 e. The van der Waals surface area contributed by atoms with Crippen LogP contribution in [0.5, 0.6) is 11.5 Å². The van der Waals surface area contributed by atoms with Gasteiger partial charge in [-0.15, -0.1) is 10.2 Å². The van der Waals surface area contributed by atoms with Gasteiger partial charge in [-0.25, -0.2) is 0 Å². The maximum absolute atomic E-state index is 12.9. The molecule has 0 aliphatic heterocycles. The number of methoxy groups -OCH3 is 1. The number of ether oxygens (including phenoxy) is 2. The van der Waals surface area contributed by atoms with Gasteiger partial charge in [0.15, 0.2) is 34.4 Å². The van der Waals surface area contributed by atoms with Crippen molar-refractivity contribution in [3.63, 3.8) is 0 Å². The van der Waals surface area contributed by atoms with E-state index < -0.39 is 5.25 Å². The van der Waals surface area contributed by atoms with Crippen molar-refractivity contribution in [2.24, 2.45) is 5.92 Å². The van der Waals surface area contributed by atoms with Gasteiger partial charge in [0.2, 0.25) is 5.91 Å². The first kappa shape index (κ1) is 26.3. The van der Waals surface area contributed by atoms with Crippen LogP contribution in [0.2, 0.25) is 0 Å². The van der Waals surface area contributed by atoms with Crippen LogP contribution >= 0.6 is 11.8 Å². The van der Waals surface area contributed by atoms with Crippen molar-refractivity contribution >= 4 is 29.1 Å². The van der Waals surface area contributed by atoms with Crippen LogP contribution in [-0.2, 0) is 11.3 Å². The first-order valence-electron chi connectivity index (χ1n) is 11.5. The Morgan fingerprint density at radius 1 is 1.03 bits per heavy atom. The molecule has 3 aromatic rings. The molecule has 0 spiro atoms. The third-order valence-corrected chi connectivity index (χ3v) is 6.30. The summed E-state index contributed by atoms with van der Waals surface area (Å²) in [4.78, 5) is 24.5. The molecule has 35 heavy (non-hydrogen) atoms. The van der Waals surface area contributed by atoms with Crippen molar-refractivity contribution in [2.75, 3.05) is 12.4 Å². The number of rotatable bonds is 11. The Morgan fingerprint density at radius 2 is 1.74 bits per heavy atom. The zero-order valence-electron chi connectivity index (χ0n) is 20.9. The summed E-state index contributed by atoms with van der Waals surface area (Å²) in [5, 5.41) is 11.9. The highest BCUT2D eigenvalue weighted by molar-refractivity contribution is 8.00. The number of nitrogens with zero attached hydrogens (tertiary/aromatic N) is 3. The molecule has 1 aromatic heterocycles. The third kappa shape index (κ3) is 6.85. The van der Waals surface area contributed by atoms with Crippen LogP contribution in [0.4, 0.5) is 5.69 Å². The van der Waals surface area contributed by atoms with Gasteiger partial charge in [-0.05, 0) is 51.0 Å². The van der Waals surface area contributed by atoms with Crippen molar-refractivity contribution in [2.45, 2.75) is 57.7 Å². The Labute approximate surface area is 210 Å². The molecule has 9 heteroatoms. The maximum atomic E-state index is 12.9. The van der Waals surface area contributed by atoms with Crippen molar-refractivity contribution < 1.29 is 19.1 Å². The van der Waals surface area contributed by atoms with Gasteiger partial charge < -0.3 is 19.4 Å². The van der Waals surface area contributed by atoms with E-state index >= 15 is 0 Å². The molecular weight excluding hydrogens is 464 g/mol. The molecule has 0 radical (unpaired) electrons. The summed E-state index contributed by atoms with van der Waals surface area (Å²) in [5.41, 5.74) is 1.13. The molecule has 8 nitrogen and oxygen atoms in total. The van der Waals surface area contributed by atoms with E-state index in [1.807, 2.05) is 42.7 Å². The van der Waals surface area contributed by atoms with Crippen molar-refractivity contribution in [3.8, 4) is 11.5 Å². The Kier molecular flexibility index (Phi) is 8.92. The quantitative estimate of drug-likeness (QED) is 0.280. The molecule has 0 fully saturated rings. The smallest absolute Gasteiger partial charge is 0.237 e. The van der Waals surface area contributed by atoms with E-state index in [1.54, 1.807) is 31.4 Å². The SMILES string of the molecule is COc1ccccc1OC(C)c1nnc(SC(C)C(=O)Nc2cccc(C(C)=O)c2)n1CC(C)C. The Balaban J connectivity index is 1.77. The number of amides is 1. The van der Waals surface area contributed by atoms with Crippen molar-refractivity contribution in [1.29, 1.82) is 0 Å². The average molecular weight is 497 g/mol. The van der Waals surface area contributed by atoms with Gasteiger partial charge in [-0.2, -0.15) is 0 Å². The lowest BCUT2D eigenvalue weighted by Crippen LogP contribution is -2.23. The van der Waals surface area contributed by atoms with Gasteiger partial charge in [0, 0.05) is 17.8 Å². The third-order valence-electron chi connectivity index (χ3n) is 5.22. The van der Waals surface area contributed by atoms with Gasteiger partial charge in [0.25, 0.3) is 0 Å². The zero-order chi connectivity index (χ0) is 25.5. The predicted molar refractivity (Wildman–Crippen MR) is 137 cm³/mol. The average Bonchev–Trinajstić information content (AvgIpc) is 3.20. The number of carbonyl (C=O) groups excluding carboxylic acids is 2. The summed E-state index contributed by atoms with van der Waals surface area (Å²) in [6.07, 6.45) is -0.384. The normalized spacial score (nSPS) is 12.8. The van der Waals surface area contributed by atoms with E-state index in [-0.39, 0.29) is 17.8 Å². The van der Waals surface area contributed by atoms with Crippen molar-refractivity contribution in [1.82, 2.24) is 14.8 Å². The fraction of sp³-hybridized carbons (Fsp3) is 0.385. The summed E-state index contributed by atoms with van der Waals surface area (Å²) >= 11 is 1.33. The number of thioether (sulfide) groups is 1. The number of benzene rings is 2. The van der Waals surface area contributed by atoms with E-state index in [0.717, 1.165) is 0 Å². The highest BCUT2D eigenvalue weighted by Crippen LogP contribution is 2.32. The Bertz CT molecular complexity index is 1180. The predicted octanol–water partition coefficient (Wildman–Crippen LogP) is 5.40. The lowest BCUT2D eigenvalue weighted by atomic mass is 10.1. The minimum atomic E-state index is -0.440. The van der Waals surface area contributed by atoms with E-state index in [9.17, 15) is 9.59 Å².